The van der Waals surface area contributed by atoms with E-state index in [4.69, 9.17) is 11.6 Å². The summed E-state index contributed by atoms with van der Waals surface area (Å²) in [6.45, 7) is 10.6. The summed E-state index contributed by atoms with van der Waals surface area (Å²) in [5, 5.41) is 0. The Morgan fingerprint density at radius 2 is 1.53 bits per heavy atom. The van der Waals surface area contributed by atoms with Crippen LogP contribution in [0.4, 0.5) is 0 Å². The molecule has 0 aliphatic rings. The van der Waals surface area contributed by atoms with Gasteiger partial charge in [0.25, 0.3) is 0 Å². The van der Waals surface area contributed by atoms with E-state index < -0.39 is 0 Å². The van der Waals surface area contributed by atoms with E-state index in [-0.39, 0.29) is 4.87 Å². The molecule has 0 amide bonds. The van der Waals surface area contributed by atoms with Gasteiger partial charge >= 0.3 is 0 Å². The maximum atomic E-state index is 6.67. The predicted molar refractivity (Wildman–Crippen MR) is 80.8 cm³/mol. The van der Waals surface area contributed by atoms with Crippen LogP contribution in [0, 0.1) is 5.92 Å². The van der Waals surface area contributed by atoms with Crippen LogP contribution in [0.2, 0.25) is 0 Å². The van der Waals surface area contributed by atoms with Crippen LogP contribution in [-0.4, -0.2) is 4.87 Å². The smallest absolute Gasteiger partial charge is 0.0503 e. The maximum absolute atomic E-state index is 6.67. The number of halogens is 1. The van der Waals surface area contributed by atoms with Gasteiger partial charge < -0.3 is 0 Å². The van der Waals surface area contributed by atoms with Crippen molar-refractivity contribution in [3.8, 4) is 0 Å². The second kappa shape index (κ2) is 10.00. The van der Waals surface area contributed by atoms with Gasteiger partial charge in [0, 0.05) is 0 Å². The SMILES string of the molecule is C=CC(CCCCCCCC)C(Cl)(CC)CC. The molecule has 1 heteroatoms. The molecule has 0 saturated carbocycles. The fourth-order valence-corrected chi connectivity index (χ4v) is 2.70. The van der Waals surface area contributed by atoms with Crippen molar-refractivity contribution in [1.29, 1.82) is 0 Å². The zero-order valence-corrected chi connectivity index (χ0v) is 12.9. The van der Waals surface area contributed by atoms with Crippen molar-refractivity contribution in [1.82, 2.24) is 0 Å². The lowest BCUT2D eigenvalue weighted by Crippen LogP contribution is -2.29. The highest BCUT2D eigenvalue weighted by molar-refractivity contribution is 6.24. The molecule has 1 atom stereocenters. The molecular weight excluding hydrogens is 228 g/mol. The van der Waals surface area contributed by atoms with E-state index in [2.05, 4.69) is 33.4 Å². The van der Waals surface area contributed by atoms with Crippen LogP contribution in [0.15, 0.2) is 12.7 Å². The molecule has 0 aliphatic heterocycles. The zero-order chi connectivity index (χ0) is 13.1. The fourth-order valence-electron chi connectivity index (χ4n) is 2.51. The summed E-state index contributed by atoms with van der Waals surface area (Å²) in [5.41, 5.74) is 0. The van der Waals surface area contributed by atoms with Crippen molar-refractivity contribution < 1.29 is 0 Å². The van der Waals surface area contributed by atoms with Gasteiger partial charge in [0.2, 0.25) is 0 Å². The van der Waals surface area contributed by atoms with Gasteiger partial charge in [-0.15, -0.1) is 18.2 Å². The lowest BCUT2D eigenvalue weighted by Gasteiger charge is -2.32. The summed E-state index contributed by atoms with van der Waals surface area (Å²) in [5.74, 6) is 0.477. The molecule has 17 heavy (non-hydrogen) atoms. The summed E-state index contributed by atoms with van der Waals surface area (Å²) in [7, 11) is 0. The molecule has 0 radical (unpaired) electrons. The van der Waals surface area contributed by atoms with Gasteiger partial charge in [-0.05, 0) is 25.2 Å². The summed E-state index contributed by atoms with van der Waals surface area (Å²) in [6, 6.07) is 0. The molecule has 0 aromatic carbocycles. The van der Waals surface area contributed by atoms with E-state index in [9.17, 15) is 0 Å². The van der Waals surface area contributed by atoms with Crippen molar-refractivity contribution in [3.05, 3.63) is 12.7 Å². The summed E-state index contributed by atoms with van der Waals surface area (Å²) < 4.78 is 0. The van der Waals surface area contributed by atoms with E-state index in [0.717, 1.165) is 12.8 Å². The van der Waals surface area contributed by atoms with Gasteiger partial charge in [0.15, 0.2) is 0 Å². The lowest BCUT2D eigenvalue weighted by atomic mass is 9.83. The van der Waals surface area contributed by atoms with Crippen LogP contribution in [-0.2, 0) is 0 Å². The largest absolute Gasteiger partial charge is 0.119 e. The minimum atomic E-state index is -0.0504. The van der Waals surface area contributed by atoms with E-state index in [1.165, 1.54) is 44.9 Å². The summed E-state index contributed by atoms with van der Waals surface area (Å²) in [6.07, 6.45) is 13.5. The molecule has 0 aromatic rings. The van der Waals surface area contributed by atoms with Gasteiger partial charge in [0.1, 0.15) is 0 Å². The van der Waals surface area contributed by atoms with Gasteiger partial charge in [0.05, 0.1) is 4.87 Å². The standard InChI is InChI=1S/C16H31Cl/c1-5-9-10-11-12-13-14-15(6-2)16(17,7-3)8-4/h6,15H,2,5,7-14H2,1,3-4H3. The molecule has 102 valence electrons. The molecule has 0 aromatic heterocycles. The minimum absolute atomic E-state index is 0.0504. The zero-order valence-electron chi connectivity index (χ0n) is 12.1. The first-order chi connectivity index (χ1) is 8.14. The van der Waals surface area contributed by atoms with E-state index >= 15 is 0 Å². The van der Waals surface area contributed by atoms with Crippen LogP contribution >= 0.6 is 11.6 Å². The Bertz CT molecular complexity index is 182. The van der Waals surface area contributed by atoms with Crippen LogP contribution in [0.1, 0.15) is 78.6 Å². The van der Waals surface area contributed by atoms with E-state index in [1.807, 2.05) is 0 Å². The third-order valence-electron chi connectivity index (χ3n) is 3.99. The highest BCUT2D eigenvalue weighted by Gasteiger charge is 2.30. The van der Waals surface area contributed by atoms with Crippen LogP contribution in [0.25, 0.3) is 0 Å². The quantitative estimate of drug-likeness (QED) is 0.231. The van der Waals surface area contributed by atoms with E-state index in [1.54, 1.807) is 0 Å². The molecular formula is C16H31Cl. The Morgan fingerprint density at radius 3 is 2.00 bits per heavy atom. The second-order valence-electron chi connectivity index (χ2n) is 5.14. The monoisotopic (exact) mass is 258 g/mol. The molecule has 0 fully saturated rings. The third kappa shape index (κ3) is 6.50. The van der Waals surface area contributed by atoms with Crippen LogP contribution < -0.4 is 0 Å². The predicted octanol–water partition coefficient (Wildman–Crippen LogP) is 6.34. The number of allylic oxidation sites excluding steroid dienone is 1. The molecule has 0 N–H and O–H groups in total. The molecule has 0 rings (SSSR count). The van der Waals surface area contributed by atoms with Crippen LogP contribution in [0.3, 0.4) is 0 Å². The third-order valence-corrected chi connectivity index (χ3v) is 4.81. The Labute approximate surface area is 114 Å². The van der Waals surface area contributed by atoms with Gasteiger partial charge in [-0.1, -0.05) is 65.4 Å². The van der Waals surface area contributed by atoms with Gasteiger partial charge in [-0.25, -0.2) is 0 Å². The molecule has 0 heterocycles. The number of unbranched alkanes of at least 4 members (excludes halogenated alkanes) is 5. The molecule has 0 bridgehead atoms. The van der Waals surface area contributed by atoms with Crippen molar-refractivity contribution in [2.45, 2.75) is 83.4 Å². The Hall–Kier alpha value is 0.0300. The van der Waals surface area contributed by atoms with Gasteiger partial charge in [-0.3, -0.25) is 0 Å². The highest BCUT2D eigenvalue weighted by atomic mass is 35.5. The molecule has 0 saturated heterocycles. The van der Waals surface area contributed by atoms with Crippen LogP contribution in [0.5, 0.6) is 0 Å². The fraction of sp³-hybridized carbons (Fsp3) is 0.875. The Balaban J connectivity index is 3.86. The lowest BCUT2D eigenvalue weighted by molar-refractivity contribution is 0.374. The van der Waals surface area contributed by atoms with Crippen molar-refractivity contribution >= 4 is 11.6 Å². The van der Waals surface area contributed by atoms with Crippen molar-refractivity contribution in [3.63, 3.8) is 0 Å². The second-order valence-corrected chi connectivity index (χ2v) is 5.89. The number of hydrogen-bond acceptors (Lipinski definition) is 0. The summed E-state index contributed by atoms with van der Waals surface area (Å²) >= 11 is 6.67. The topological polar surface area (TPSA) is 0 Å². The summed E-state index contributed by atoms with van der Waals surface area (Å²) in [4.78, 5) is -0.0504. The normalized spacial score (nSPS) is 13.6. The molecule has 0 spiro atoms. The number of alkyl halides is 1. The Morgan fingerprint density at radius 1 is 1.00 bits per heavy atom. The minimum Gasteiger partial charge on any atom is -0.119 e. The first-order valence-corrected chi connectivity index (χ1v) is 7.83. The van der Waals surface area contributed by atoms with Crippen molar-refractivity contribution in [2.24, 2.45) is 5.92 Å². The first kappa shape index (κ1) is 17.0. The maximum Gasteiger partial charge on any atom is 0.0503 e. The van der Waals surface area contributed by atoms with Gasteiger partial charge in [-0.2, -0.15) is 0 Å². The average molecular weight is 259 g/mol. The Kier molecular flexibility index (Phi) is 10.0. The molecule has 0 aliphatic carbocycles. The first-order valence-electron chi connectivity index (χ1n) is 7.46. The van der Waals surface area contributed by atoms with E-state index in [0.29, 0.717) is 5.92 Å². The highest BCUT2D eigenvalue weighted by Crippen LogP contribution is 2.36. The molecule has 0 nitrogen and oxygen atoms in total. The van der Waals surface area contributed by atoms with Crippen molar-refractivity contribution in [2.75, 3.05) is 0 Å². The molecule has 1 unspecified atom stereocenters. The number of rotatable bonds is 11. The average Bonchev–Trinajstić information content (AvgIpc) is 2.37. The number of hydrogen-bond donors (Lipinski definition) is 0.